The van der Waals surface area contributed by atoms with Gasteiger partial charge in [0.2, 0.25) is 11.8 Å². The molecule has 1 aromatic carbocycles. The summed E-state index contributed by atoms with van der Waals surface area (Å²) < 4.78 is 0. The van der Waals surface area contributed by atoms with Crippen LogP contribution in [0.5, 0.6) is 0 Å². The molecule has 5 heteroatoms. The van der Waals surface area contributed by atoms with Crippen molar-refractivity contribution >= 4 is 29.1 Å². The Morgan fingerprint density at radius 1 is 1.50 bits per heavy atom. The fraction of sp³-hybridized carbons (Fsp3) is 0.385. The second-order valence-electron chi connectivity index (χ2n) is 4.25. The van der Waals surface area contributed by atoms with E-state index in [-0.39, 0.29) is 24.1 Å². The molecule has 0 atom stereocenters. The van der Waals surface area contributed by atoms with Gasteiger partial charge < -0.3 is 5.32 Å². The lowest BCUT2D eigenvalue weighted by Gasteiger charge is -2.14. The van der Waals surface area contributed by atoms with Gasteiger partial charge in [-0.05, 0) is 37.2 Å². The summed E-state index contributed by atoms with van der Waals surface area (Å²) in [6, 6.07) is 5.77. The summed E-state index contributed by atoms with van der Waals surface area (Å²) in [7, 11) is 1.90. The molecular formula is C13H15ClN2O2. The number of likely N-dealkylation sites (N-methyl/N-ethyl adjacent to an activating group) is 1. The van der Waals surface area contributed by atoms with Crippen molar-refractivity contribution in [2.24, 2.45) is 0 Å². The van der Waals surface area contributed by atoms with E-state index in [1.807, 2.05) is 25.2 Å². The second-order valence-corrected chi connectivity index (χ2v) is 4.52. The van der Waals surface area contributed by atoms with Gasteiger partial charge in [0.05, 0.1) is 12.1 Å². The van der Waals surface area contributed by atoms with Crippen LogP contribution in [0.4, 0.5) is 5.69 Å². The predicted octanol–water partition coefficient (Wildman–Crippen LogP) is 1.10. The van der Waals surface area contributed by atoms with E-state index in [1.54, 1.807) is 0 Å². The molecule has 0 aromatic heterocycles. The van der Waals surface area contributed by atoms with Crippen LogP contribution in [0.1, 0.15) is 11.1 Å². The number of benzene rings is 1. The zero-order chi connectivity index (χ0) is 13.1. The van der Waals surface area contributed by atoms with Crippen LogP contribution < -0.4 is 10.2 Å². The number of fused-ring (bicyclic) bond motifs is 1. The van der Waals surface area contributed by atoms with Crippen molar-refractivity contribution in [1.82, 2.24) is 5.32 Å². The minimum Gasteiger partial charge on any atom is -0.319 e. The average Bonchev–Trinajstić information content (AvgIpc) is 2.70. The van der Waals surface area contributed by atoms with E-state index in [0.29, 0.717) is 5.69 Å². The standard InChI is InChI=1S/C13H15ClN2O2/c1-15-5-4-9-2-3-11-10(6-9)7-12(17)16(11)13(18)8-14/h2-3,6,15H,4-5,7-8H2,1H3. The molecule has 96 valence electrons. The number of nitrogens with zero attached hydrogens (tertiary/aromatic N) is 1. The van der Waals surface area contributed by atoms with Crippen LogP contribution in [0.15, 0.2) is 18.2 Å². The van der Waals surface area contributed by atoms with Gasteiger partial charge in [-0.3, -0.25) is 9.59 Å². The summed E-state index contributed by atoms with van der Waals surface area (Å²) in [5.74, 6) is -0.725. The van der Waals surface area contributed by atoms with Crippen LogP contribution in [0.3, 0.4) is 0 Å². The molecule has 0 saturated carbocycles. The highest BCUT2D eigenvalue weighted by molar-refractivity contribution is 6.33. The summed E-state index contributed by atoms with van der Waals surface area (Å²) >= 11 is 5.51. The Morgan fingerprint density at radius 3 is 2.94 bits per heavy atom. The van der Waals surface area contributed by atoms with E-state index in [4.69, 9.17) is 11.6 Å². The molecule has 1 N–H and O–H groups in total. The zero-order valence-corrected chi connectivity index (χ0v) is 11.0. The first-order valence-electron chi connectivity index (χ1n) is 5.85. The summed E-state index contributed by atoms with van der Waals surface area (Å²) in [6.07, 6.45) is 1.19. The summed E-state index contributed by atoms with van der Waals surface area (Å²) in [6.45, 7) is 0.886. The lowest BCUT2D eigenvalue weighted by Crippen LogP contribution is -2.34. The Balaban J connectivity index is 2.26. The van der Waals surface area contributed by atoms with Crippen LogP contribution in [0.25, 0.3) is 0 Å². The number of nitrogens with one attached hydrogen (secondary N) is 1. The van der Waals surface area contributed by atoms with E-state index >= 15 is 0 Å². The molecule has 0 spiro atoms. The van der Waals surface area contributed by atoms with E-state index in [1.165, 1.54) is 4.90 Å². The summed E-state index contributed by atoms with van der Waals surface area (Å²) in [5, 5.41) is 3.08. The van der Waals surface area contributed by atoms with Gasteiger partial charge >= 0.3 is 0 Å². The molecule has 1 aliphatic rings. The van der Waals surface area contributed by atoms with E-state index < -0.39 is 0 Å². The lowest BCUT2D eigenvalue weighted by atomic mass is 10.1. The molecule has 2 amide bonds. The monoisotopic (exact) mass is 266 g/mol. The number of hydrogen-bond acceptors (Lipinski definition) is 3. The van der Waals surface area contributed by atoms with Crippen molar-refractivity contribution in [2.45, 2.75) is 12.8 Å². The third-order valence-corrected chi connectivity index (χ3v) is 3.23. The van der Waals surface area contributed by atoms with Crippen molar-refractivity contribution in [3.63, 3.8) is 0 Å². The SMILES string of the molecule is CNCCc1ccc2c(c1)CC(=O)N2C(=O)CCl. The molecule has 0 radical (unpaired) electrons. The predicted molar refractivity (Wildman–Crippen MR) is 71.0 cm³/mol. The maximum atomic E-state index is 11.8. The average molecular weight is 267 g/mol. The Bertz CT molecular complexity index is 488. The number of hydrogen-bond donors (Lipinski definition) is 1. The smallest absolute Gasteiger partial charge is 0.248 e. The number of rotatable bonds is 4. The third-order valence-electron chi connectivity index (χ3n) is 3.00. The van der Waals surface area contributed by atoms with Gasteiger partial charge in [0, 0.05) is 0 Å². The normalized spacial score (nSPS) is 13.9. The van der Waals surface area contributed by atoms with Gasteiger partial charge in [0.15, 0.2) is 0 Å². The number of amides is 2. The van der Waals surface area contributed by atoms with Gasteiger partial charge in [-0.25, -0.2) is 4.90 Å². The lowest BCUT2D eigenvalue weighted by molar-refractivity contribution is -0.124. The van der Waals surface area contributed by atoms with Gasteiger partial charge in [-0.15, -0.1) is 11.6 Å². The van der Waals surface area contributed by atoms with Crippen molar-refractivity contribution in [3.05, 3.63) is 29.3 Å². The fourth-order valence-corrected chi connectivity index (χ4v) is 2.25. The number of anilines is 1. The number of carbonyl (C=O) groups is 2. The maximum Gasteiger partial charge on any atom is 0.248 e. The number of carbonyl (C=O) groups excluding carboxylic acids is 2. The van der Waals surface area contributed by atoms with Crippen molar-refractivity contribution in [2.75, 3.05) is 24.4 Å². The molecule has 0 unspecified atom stereocenters. The van der Waals surface area contributed by atoms with Crippen LogP contribution in [0.2, 0.25) is 0 Å². The van der Waals surface area contributed by atoms with Crippen LogP contribution >= 0.6 is 11.6 Å². The highest BCUT2D eigenvalue weighted by Crippen LogP contribution is 2.30. The van der Waals surface area contributed by atoms with E-state index in [2.05, 4.69) is 5.32 Å². The molecule has 4 nitrogen and oxygen atoms in total. The summed E-state index contributed by atoms with van der Waals surface area (Å²) in [4.78, 5) is 24.6. The maximum absolute atomic E-state index is 11.8. The first kappa shape index (κ1) is 13.1. The minimum atomic E-state index is -0.358. The van der Waals surface area contributed by atoms with Crippen LogP contribution in [0, 0.1) is 0 Å². The quantitative estimate of drug-likeness (QED) is 0.831. The molecule has 0 fully saturated rings. The molecule has 2 rings (SSSR count). The highest BCUT2D eigenvalue weighted by Gasteiger charge is 2.31. The summed E-state index contributed by atoms with van der Waals surface area (Å²) in [5.41, 5.74) is 2.75. The molecule has 0 saturated heterocycles. The molecule has 1 heterocycles. The van der Waals surface area contributed by atoms with Gasteiger partial charge in [-0.1, -0.05) is 12.1 Å². The van der Waals surface area contributed by atoms with Crippen molar-refractivity contribution < 1.29 is 9.59 Å². The van der Waals surface area contributed by atoms with Crippen molar-refractivity contribution in [3.8, 4) is 0 Å². The Morgan fingerprint density at radius 2 is 2.28 bits per heavy atom. The van der Waals surface area contributed by atoms with Crippen molar-refractivity contribution in [1.29, 1.82) is 0 Å². The topological polar surface area (TPSA) is 49.4 Å². The van der Waals surface area contributed by atoms with Crippen LogP contribution in [-0.4, -0.2) is 31.3 Å². The molecule has 1 aromatic rings. The van der Waals surface area contributed by atoms with Gasteiger partial charge in [0.1, 0.15) is 5.88 Å². The van der Waals surface area contributed by atoms with Gasteiger partial charge in [-0.2, -0.15) is 0 Å². The molecule has 0 bridgehead atoms. The Kier molecular flexibility index (Phi) is 3.99. The van der Waals surface area contributed by atoms with E-state index in [9.17, 15) is 9.59 Å². The molecular weight excluding hydrogens is 252 g/mol. The van der Waals surface area contributed by atoms with Gasteiger partial charge in [0.25, 0.3) is 0 Å². The van der Waals surface area contributed by atoms with E-state index in [0.717, 1.165) is 24.1 Å². The first-order valence-corrected chi connectivity index (χ1v) is 6.39. The minimum absolute atomic E-state index is 0.174. The number of halogens is 1. The van der Waals surface area contributed by atoms with Crippen LogP contribution in [-0.2, 0) is 22.4 Å². The first-order chi connectivity index (χ1) is 8.67. The third kappa shape index (κ3) is 2.40. The zero-order valence-electron chi connectivity index (χ0n) is 10.2. The fourth-order valence-electron chi connectivity index (χ4n) is 2.13. The molecule has 0 aliphatic carbocycles. The highest BCUT2D eigenvalue weighted by atomic mass is 35.5. The Labute approximate surface area is 111 Å². The molecule has 1 aliphatic heterocycles. The largest absolute Gasteiger partial charge is 0.319 e. The number of alkyl halides is 1. The molecule has 18 heavy (non-hydrogen) atoms. The number of imide groups is 1. The Hall–Kier alpha value is -1.39. The second kappa shape index (κ2) is 5.50.